The summed E-state index contributed by atoms with van der Waals surface area (Å²) in [7, 11) is 1.61. The Morgan fingerprint density at radius 2 is 2.04 bits per heavy atom. The molecule has 6 nitrogen and oxygen atoms in total. The first-order chi connectivity index (χ1) is 12.1. The molecular formula is C17H15FN4O2S. The fraction of sp³-hybridized carbons (Fsp3) is 0.118. The van der Waals surface area contributed by atoms with Gasteiger partial charge in [-0.15, -0.1) is 10.2 Å². The molecule has 0 aliphatic carbocycles. The number of fused-ring (bicyclic) bond motifs is 1. The van der Waals surface area contributed by atoms with E-state index in [9.17, 15) is 9.50 Å². The fourth-order valence-corrected chi connectivity index (χ4v) is 2.40. The van der Waals surface area contributed by atoms with Gasteiger partial charge in [0.2, 0.25) is 11.0 Å². The summed E-state index contributed by atoms with van der Waals surface area (Å²) in [6, 6.07) is 11.6. The minimum absolute atomic E-state index is 0.142. The molecule has 1 aromatic heterocycles. The number of methoxy groups -OCH3 is 1. The van der Waals surface area contributed by atoms with Crippen LogP contribution in [0.15, 0.2) is 52.7 Å². The summed E-state index contributed by atoms with van der Waals surface area (Å²) < 4.78 is 18.5. The van der Waals surface area contributed by atoms with E-state index in [1.165, 1.54) is 18.2 Å². The summed E-state index contributed by atoms with van der Waals surface area (Å²) >= 11 is 5.10. The molecule has 0 spiro atoms. The molecule has 3 N–H and O–H groups in total. The maximum atomic E-state index is 13.4. The van der Waals surface area contributed by atoms with Crippen molar-refractivity contribution in [2.75, 3.05) is 7.11 Å². The molecule has 0 aliphatic heterocycles. The lowest BCUT2D eigenvalue weighted by Crippen LogP contribution is -2.18. The lowest BCUT2D eigenvalue weighted by Gasteiger charge is -2.04. The molecule has 0 radical (unpaired) electrons. The largest absolute Gasteiger partial charge is 0.497 e. The molecule has 25 heavy (non-hydrogen) atoms. The second kappa shape index (κ2) is 7.27. The predicted octanol–water partition coefficient (Wildman–Crippen LogP) is 4.18. The minimum atomic E-state index is -0.428. The number of rotatable bonds is 4. The number of nitrogens with zero attached hydrogens (tertiary/aromatic N) is 2. The van der Waals surface area contributed by atoms with Gasteiger partial charge in [0.1, 0.15) is 11.6 Å². The van der Waals surface area contributed by atoms with Crippen molar-refractivity contribution in [3.8, 4) is 11.6 Å². The summed E-state index contributed by atoms with van der Waals surface area (Å²) in [5.74, 6) is 0.151. The van der Waals surface area contributed by atoms with Crippen molar-refractivity contribution >= 4 is 33.9 Å². The molecule has 0 saturated heterocycles. The average molecular weight is 358 g/mol. The molecule has 0 unspecified atom stereocenters. The number of halogens is 1. The van der Waals surface area contributed by atoms with E-state index in [0.29, 0.717) is 17.4 Å². The minimum Gasteiger partial charge on any atom is -0.497 e. The number of nitrogens with one attached hydrogen (secondary N) is 2. The van der Waals surface area contributed by atoms with E-state index >= 15 is 0 Å². The van der Waals surface area contributed by atoms with E-state index in [0.717, 1.165) is 11.3 Å². The summed E-state index contributed by atoms with van der Waals surface area (Å²) in [6.45, 7) is 0.469. The van der Waals surface area contributed by atoms with Crippen LogP contribution in [-0.4, -0.2) is 22.3 Å². The summed E-state index contributed by atoms with van der Waals surface area (Å²) in [6.07, 6.45) is 0. The standard InChI is InChI=1S/C17H15FN4O2S/c1-24-12-5-2-10(3-6-12)9-19-17(25)22-21-15-13-8-11(18)4-7-14(13)20-16(15)23/h2-8,20,23H,9H2,1H3,(H,19,25). The zero-order valence-electron chi connectivity index (χ0n) is 13.3. The van der Waals surface area contributed by atoms with Crippen molar-refractivity contribution in [3.05, 3.63) is 53.8 Å². The fourth-order valence-electron chi connectivity index (χ4n) is 2.29. The Bertz CT molecular complexity index is 938. The molecule has 0 fully saturated rings. The summed E-state index contributed by atoms with van der Waals surface area (Å²) in [5.41, 5.74) is 1.70. The normalized spacial score (nSPS) is 11.1. The van der Waals surface area contributed by atoms with E-state index in [2.05, 4.69) is 20.5 Å². The number of hydrogen-bond acceptors (Lipinski definition) is 4. The quantitative estimate of drug-likeness (QED) is 0.483. The van der Waals surface area contributed by atoms with Gasteiger partial charge in [-0.25, -0.2) is 4.39 Å². The monoisotopic (exact) mass is 358 g/mol. The molecule has 0 amide bonds. The van der Waals surface area contributed by atoms with E-state index < -0.39 is 5.82 Å². The Morgan fingerprint density at radius 1 is 1.28 bits per heavy atom. The molecule has 3 rings (SSSR count). The SMILES string of the molecule is COc1ccc(CNC(=S)N=Nc2c(O)[nH]c3ccc(F)cc23)cc1. The number of ether oxygens (including phenoxy) is 1. The maximum absolute atomic E-state index is 13.4. The van der Waals surface area contributed by atoms with Crippen molar-refractivity contribution in [3.63, 3.8) is 0 Å². The van der Waals surface area contributed by atoms with Crippen LogP contribution in [0.4, 0.5) is 10.1 Å². The van der Waals surface area contributed by atoms with E-state index in [1.807, 2.05) is 24.3 Å². The Hall–Kier alpha value is -3.00. The molecular weight excluding hydrogens is 343 g/mol. The van der Waals surface area contributed by atoms with Crippen LogP contribution in [-0.2, 0) is 6.54 Å². The van der Waals surface area contributed by atoms with E-state index in [4.69, 9.17) is 17.0 Å². The molecule has 8 heteroatoms. The summed E-state index contributed by atoms with van der Waals surface area (Å²) in [5, 5.41) is 21.2. The number of azo groups is 1. The Kier molecular flexibility index (Phi) is 4.90. The summed E-state index contributed by atoms with van der Waals surface area (Å²) in [4.78, 5) is 2.71. The first-order valence-corrected chi connectivity index (χ1v) is 7.80. The third-order valence-corrected chi connectivity index (χ3v) is 3.78. The number of H-pyrrole nitrogens is 1. The second-order valence-corrected chi connectivity index (χ2v) is 5.61. The first-order valence-electron chi connectivity index (χ1n) is 7.39. The van der Waals surface area contributed by atoms with Gasteiger partial charge in [0.15, 0.2) is 5.69 Å². The average Bonchev–Trinajstić information content (AvgIpc) is 2.93. The number of thiocarbonyl (C=S) groups is 1. The Balaban J connectivity index is 1.68. The van der Waals surface area contributed by atoms with Crippen molar-refractivity contribution < 1.29 is 14.2 Å². The highest BCUT2D eigenvalue weighted by Crippen LogP contribution is 2.35. The molecule has 0 aliphatic rings. The molecule has 128 valence electrons. The number of hydrogen-bond donors (Lipinski definition) is 3. The number of aromatic hydroxyl groups is 1. The Labute approximate surface area is 148 Å². The smallest absolute Gasteiger partial charge is 0.218 e. The zero-order chi connectivity index (χ0) is 17.8. The van der Waals surface area contributed by atoms with Crippen molar-refractivity contribution in [1.82, 2.24) is 10.3 Å². The number of benzene rings is 2. The Morgan fingerprint density at radius 3 is 2.76 bits per heavy atom. The third-order valence-electron chi connectivity index (χ3n) is 3.56. The zero-order valence-corrected chi connectivity index (χ0v) is 14.1. The van der Waals surface area contributed by atoms with Gasteiger partial charge < -0.3 is 20.1 Å². The second-order valence-electron chi connectivity index (χ2n) is 5.22. The first kappa shape index (κ1) is 16.8. The maximum Gasteiger partial charge on any atom is 0.218 e. The molecule has 0 atom stereocenters. The van der Waals surface area contributed by atoms with Gasteiger partial charge in [-0.3, -0.25) is 0 Å². The number of aromatic nitrogens is 1. The van der Waals surface area contributed by atoms with Crippen LogP contribution in [0.2, 0.25) is 0 Å². The van der Waals surface area contributed by atoms with Gasteiger partial charge >= 0.3 is 0 Å². The van der Waals surface area contributed by atoms with E-state index in [-0.39, 0.29) is 16.7 Å². The van der Waals surface area contributed by atoms with Crippen LogP contribution >= 0.6 is 12.2 Å². The predicted molar refractivity (Wildman–Crippen MR) is 96.9 cm³/mol. The molecule has 0 saturated carbocycles. The van der Waals surface area contributed by atoms with Gasteiger partial charge in [0.25, 0.3) is 0 Å². The molecule has 2 aromatic carbocycles. The lowest BCUT2D eigenvalue weighted by molar-refractivity contribution is 0.414. The van der Waals surface area contributed by atoms with Crippen LogP contribution in [0.1, 0.15) is 5.56 Å². The lowest BCUT2D eigenvalue weighted by atomic mass is 10.2. The number of aromatic amines is 1. The van der Waals surface area contributed by atoms with Crippen LogP contribution in [0.25, 0.3) is 10.9 Å². The molecule has 3 aromatic rings. The van der Waals surface area contributed by atoms with Crippen molar-refractivity contribution in [1.29, 1.82) is 0 Å². The van der Waals surface area contributed by atoms with Crippen molar-refractivity contribution in [2.24, 2.45) is 10.2 Å². The van der Waals surface area contributed by atoms with Crippen LogP contribution < -0.4 is 10.1 Å². The van der Waals surface area contributed by atoms with Crippen molar-refractivity contribution in [2.45, 2.75) is 6.54 Å². The highest BCUT2D eigenvalue weighted by atomic mass is 32.1. The van der Waals surface area contributed by atoms with Gasteiger partial charge in [-0.1, -0.05) is 12.1 Å². The third kappa shape index (κ3) is 3.92. The van der Waals surface area contributed by atoms with E-state index in [1.54, 1.807) is 7.11 Å². The van der Waals surface area contributed by atoms with Crippen LogP contribution in [0.3, 0.4) is 0 Å². The van der Waals surface area contributed by atoms with Gasteiger partial charge in [0, 0.05) is 11.9 Å². The van der Waals surface area contributed by atoms with Gasteiger partial charge in [-0.05, 0) is 48.1 Å². The molecule has 1 heterocycles. The van der Waals surface area contributed by atoms with Gasteiger partial charge in [-0.2, -0.15) is 0 Å². The van der Waals surface area contributed by atoms with Crippen LogP contribution in [0.5, 0.6) is 11.6 Å². The highest BCUT2D eigenvalue weighted by Gasteiger charge is 2.11. The highest BCUT2D eigenvalue weighted by molar-refractivity contribution is 7.80. The topological polar surface area (TPSA) is 82.0 Å². The van der Waals surface area contributed by atoms with Gasteiger partial charge in [0.05, 0.1) is 12.6 Å². The van der Waals surface area contributed by atoms with Crippen LogP contribution in [0, 0.1) is 5.82 Å². The molecule has 0 bridgehead atoms.